The summed E-state index contributed by atoms with van der Waals surface area (Å²) in [6.07, 6.45) is 4.74. The van der Waals surface area contributed by atoms with Crippen molar-refractivity contribution in [3.63, 3.8) is 0 Å². The van der Waals surface area contributed by atoms with Crippen molar-refractivity contribution < 1.29 is 9.18 Å². The average Bonchev–Trinajstić information content (AvgIpc) is 2.92. The zero-order valence-corrected chi connectivity index (χ0v) is 16.2. The SMILES string of the molecule is CC1CCN(C(=O)C2CCc3nc(-c4ccc(F)cc4)[nH]c(=O)c3CC2)CC1. The van der Waals surface area contributed by atoms with Crippen molar-refractivity contribution in [1.82, 2.24) is 14.9 Å². The van der Waals surface area contributed by atoms with Gasteiger partial charge in [0.15, 0.2) is 0 Å². The highest BCUT2D eigenvalue weighted by Crippen LogP contribution is 2.26. The van der Waals surface area contributed by atoms with E-state index in [1.807, 2.05) is 4.90 Å². The fourth-order valence-corrected chi connectivity index (χ4v) is 4.26. The van der Waals surface area contributed by atoms with Gasteiger partial charge in [-0.25, -0.2) is 9.37 Å². The van der Waals surface area contributed by atoms with E-state index < -0.39 is 0 Å². The Morgan fingerprint density at radius 1 is 1.11 bits per heavy atom. The molecular weight excluding hydrogens is 357 g/mol. The number of fused-ring (bicyclic) bond motifs is 1. The topological polar surface area (TPSA) is 66.1 Å². The molecule has 148 valence electrons. The molecule has 2 aliphatic rings. The first-order chi connectivity index (χ1) is 13.5. The van der Waals surface area contributed by atoms with Crippen LogP contribution in [0.3, 0.4) is 0 Å². The van der Waals surface area contributed by atoms with Crippen molar-refractivity contribution >= 4 is 5.91 Å². The highest BCUT2D eigenvalue weighted by Gasteiger charge is 2.30. The standard InChI is InChI=1S/C22H26FN3O2/c1-14-10-12-26(13-11-14)22(28)16-4-8-18-19(9-5-16)24-20(25-21(18)27)15-2-6-17(23)7-3-15/h2-3,6-7,14,16H,4-5,8-13H2,1H3,(H,24,25,27). The van der Waals surface area contributed by atoms with Gasteiger partial charge in [-0.2, -0.15) is 0 Å². The van der Waals surface area contributed by atoms with E-state index in [2.05, 4.69) is 16.9 Å². The Morgan fingerprint density at radius 2 is 1.79 bits per heavy atom. The van der Waals surface area contributed by atoms with Gasteiger partial charge in [0.05, 0.1) is 5.69 Å². The third-order valence-electron chi connectivity index (χ3n) is 6.14. The zero-order chi connectivity index (χ0) is 19.7. The van der Waals surface area contributed by atoms with Gasteiger partial charge in [0.1, 0.15) is 11.6 Å². The van der Waals surface area contributed by atoms with Crippen molar-refractivity contribution in [2.45, 2.75) is 45.4 Å². The van der Waals surface area contributed by atoms with Crippen molar-refractivity contribution in [3.05, 3.63) is 51.7 Å². The van der Waals surface area contributed by atoms with E-state index in [4.69, 9.17) is 0 Å². The number of hydrogen-bond donors (Lipinski definition) is 1. The molecular formula is C22H26FN3O2. The summed E-state index contributed by atoms with van der Waals surface area (Å²) >= 11 is 0. The molecule has 1 fully saturated rings. The lowest BCUT2D eigenvalue weighted by molar-refractivity contribution is -0.137. The molecule has 1 N–H and O–H groups in total. The van der Waals surface area contributed by atoms with Gasteiger partial charge in [0, 0.05) is 30.1 Å². The molecule has 5 nitrogen and oxygen atoms in total. The van der Waals surface area contributed by atoms with Crippen molar-refractivity contribution in [2.24, 2.45) is 11.8 Å². The summed E-state index contributed by atoms with van der Waals surface area (Å²) in [5.41, 5.74) is 1.99. The maximum atomic E-state index is 13.2. The van der Waals surface area contributed by atoms with E-state index in [1.54, 1.807) is 12.1 Å². The molecule has 1 aliphatic heterocycles. The number of nitrogens with one attached hydrogen (secondary N) is 1. The summed E-state index contributed by atoms with van der Waals surface area (Å²) in [5, 5.41) is 0. The van der Waals surface area contributed by atoms with E-state index in [9.17, 15) is 14.0 Å². The molecule has 0 saturated carbocycles. The maximum Gasteiger partial charge on any atom is 0.254 e. The van der Waals surface area contributed by atoms with E-state index in [-0.39, 0.29) is 23.2 Å². The van der Waals surface area contributed by atoms with Gasteiger partial charge in [-0.15, -0.1) is 0 Å². The molecule has 1 amide bonds. The number of aromatic amines is 1. The number of aromatic nitrogens is 2. The molecule has 1 saturated heterocycles. The van der Waals surface area contributed by atoms with Crippen LogP contribution in [-0.4, -0.2) is 33.9 Å². The number of halogens is 1. The van der Waals surface area contributed by atoms with Crippen LogP contribution in [0.1, 0.15) is 43.9 Å². The summed E-state index contributed by atoms with van der Waals surface area (Å²) < 4.78 is 13.2. The Morgan fingerprint density at radius 3 is 2.50 bits per heavy atom. The second-order valence-electron chi connectivity index (χ2n) is 8.13. The van der Waals surface area contributed by atoms with Crippen LogP contribution in [0, 0.1) is 17.7 Å². The second-order valence-corrected chi connectivity index (χ2v) is 8.13. The first kappa shape index (κ1) is 18.8. The molecule has 2 aromatic rings. The zero-order valence-electron chi connectivity index (χ0n) is 16.2. The Labute approximate surface area is 164 Å². The van der Waals surface area contributed by atoms with Gasteiger partial charge in [-0.3, -0.25) is 9.59 Å². The number of piperidine rings is 1. The van der Waals surface area contributed by atoms with Gasteiger partial charge in [-0.05, 0) is 68.7 Å². The molecule has 6 heteroatoms. The first-order valence-electron chi connectivity index (χ1n) is 10.2. The lowest BCUT2D eigenvalue weighted by atomic mass is 9.94. The van der Waals surface area contributed by atoms with Crippen LogP contribution in [0.25, 0.3) is 11.4 Å². The molecule has 28 heavy (non-hydrogen) atoms. The van der Waals surface area contributed by atoms with Gasteiger partial charge in [0.2, 0.25) is 5.91 Å². The fourth-order valence-electron chi connectivity index (χ4n) is 4.26. The van der Waals surface area contributed by atoms with Gasteiger partial charge in [0.25, 0.3) is 5.56 Å². The highest BCUT2D eigenvalue weighted by molar-refractivity contribution is 5.79. The van der Waals surface area contributed by atoms with Gasteiger partial charge < -0.3 is 9.88 Å². The summed E-state index contributed by atoms with van der Waals surface area (Å²) in [6.45, 7) is 3.93. The molecule has 1 unspecified atom stereocenters. The molecule has 0 radical (unpaired) electrons. The Hall–Kier alpha value is -2.50. The maximum absolute atomic E-state index is 13.2. The molecule has 0 spiro atoms. The monoisotopic (exact) mass is 383 g/mol. The van der Waals surface area contributed by atoms with Crippen LogP contribution in [0.5, 0.6) is 0 Å². The number of nitrogens with zero attached hydrogens (tertiary/aromatic N) is 2. The number of H-pyrrole nitrogens is 1. The van der Waals surface area contributed by atoms with Crippen molar-refractivity contribution in [3.8, 4) is 11.4 Å². The molecule has 0 bridgehead atoms. The third-order valence-corrected chi connectivity index (χ3v) is 6.14. The lowest BCUT2D eigenvalue weighted by Crippen LogP contribution is -2.41. The lowest BCUT2D eigenvalue weighted by Gasteiger charge is -2.32. The third kappa shape index (κ3) is 3.86. The number of aryl methyl sites for hydroxylation is 1. The number of carbonyl (C=O) groups excluding carboxylic acids is 1. The Balaban J connectivity index is 1.52. The Bertz CT molecular complexity index is 914. The number of rotatable bonds is 2. The van der Waals surface area contributed by atoms with Gasteiger partial charge >= 0.3 is 0 Å². The molecule has 1 atom stereocenters. The predicted octanol–water partition coefficient (Wildman–Crippen LogP) is 3.33. The smallest absolute Gasteiger partial charge is 0.254 e. The Kier molecular flexibility index (Phi) is 5.29. The largest absolute Gasteiger partial charge is 0.342 e. The predicted molar refractivity (Wildman–Crippen MR) is 105 cm³/mol. The van der Waals surface area contributed by atoms with Gasteiger partial charge in [-0.1, -0.05) is 6.92 Å². The number of hydrogen-bond acceptors (Lipinski definition) is 3. The molecule has 2 heterocycles. The molecule has 4 rings (SSSR count). The van der Waals surface area contributed by atoms with E-state index in [0.717, 1.165) is 38.0 Å². The summed E-state index contributed by atoms with van der Waals surface area (Å²) in [6, 6.07) is 5.94. The summed E-state index contributed by atoms with van der Waals surface area (Å²) in [7, 11) is 0. The van der Waals surface area contributed by atoms with Crippen LogP contribution in [0.15, 0.2) is 29.1 Å². The average molecular weight is 383 g/mol. The number of amides is 1. The van der Waals surface area contributed by atoms with E-state index >= 15 is 0 Å². The van der Waals surface area contributed by atoms with Crippen LogP contribution in [-0.2, 0) is 17.6 Å². The number of likely N-dealkylation sites (tertiary alicyclic amines) is 1. The summed E-state index contributed by atoms with van der Waals surface area (Å²) in [4.78, 5) is 35.1. The second kappa shape index (κ2) is 7.86. The van der Waals surface area contributed by atoms with Crippen LogP contribution < -0.4 is 5.56 Å². The minimum atomic E-state index is -0.325. The van der Waals surface area contributed by atoms with E-state index in [0.29, 0.717) is 42.1 Å². The summed E-state index contributed by atoms with van der Waals surface area (Å²) in [5.74, 6) is 1.01. The van der Waals surface area contributed by atoms with Crippen LogP contribution >= 0.6 is 0 Å². The normalized spacial score (nSPS) is 20.5. The van der Waals surface area contributed by atoms with Crippen molar-refractivity contribution in [2.75, 3.05) is 13.1 Å². The van der Waals surface area contributed by atoms with Crippen LogP contribution in [0.2, 0.25) is 0 Å². The minimum Gasteiger partial charge on any atom is -0.342 e. The van der Waals surface area contributed by atoms with E-state index in [1.165, 1.54) is 12.1 Å². The highest BCUT2D eigenvalue weighted by atomic mass is 19.1. The molecule has 1 aromatic carbocycles. The fraction of sp³-hybridized carbons (Fsp3) is 0.500. The number of benzene rings is 1. The minimum absolute atomic E-state index is 0.0451. The first-order valence-corrected chi connectivity index (χ1v) is 10.2. The molecule has 1 aliphatic carbocycles. The number of carbonyl (C=O) groups is 1. The quantitative estimate of drug-likeness (QED) is 0.809. The van der Waals surface area contributed by atoms with Crippen molar-refractivity contribution in [1.29, 1.82) is 0 Å². The van der Waals surface area contributed by atoms with Crippen LogP contribution in [0.4, 0.5) is 4.39 Å². The molecule has 1 aromatic heterocycles.